The van der Waals surface area contributed by atoms with E-state index < -0.39 is 5.60 Å². The molecule has 1 aliphatic rings. The highest BCUT2D eigenvalue weighted by molar-refractivity contribution is 14.0. The summed E-state index contributed by atoms with van der Waals surface area (Å²) in [5, 5.41) is 0. The Bertz CT molecular complexity index is 307. The zero-order chi connectivity index (χ0) is 13.1. The summed E-state index contributed by atoms with van der Waals surface area (Å²) in [6.07, 6.45) is -0.260. The van der Waals surface area contributed by atoms with Gasteiger partial charge in [-0.15, -0.1) is 24.0 Å². The van der Waals surface area contributed by atoms with Crippen molar-refractivity contribution in [3.8, 4) is 0 Å². The van der Waals surface area contributed by atoms with Crippen molar-refractivity contribution in [3.63, 3.8) is 0 Å². The van der Waals surface area contributed by atoms with Gasteiger partial charge in [0, 0.05) is 33.2 Å². The molecule has 0 bridgehead atoms. The van der Waals surface area contributed by atoms with Crippen molar-refractivity contribution in [1.82, 2.24) is 9.80 Å². The standard InChI is InChI=1S/C11H22N4O2.HI/c1-11(2,3)17-10(16)15-7-5-14(6-8-15)9(12)13-4;/h5-8H2,1-4H3,(H2,12,13);1H. The third-order valence-corrected chi connectivity index (χ3v) is 2.48. The fourth-order valence-corrected chi connectivity index (χ4v) is 1.59. The first kappa shape index (κ1) is 17.3. The molecule has 1 amide bonds. The van der Waals surface area contributed by atoms with E-state index >= 15 is 0 Å². The van der Waals surface area contributed by atoms with Crippen molar-refractivity contribution in [3.05, 3.63) is 0 Å². The number of nitrogens with zero attached hydrogens (tertiary/aromatic N) is 3. The Labute approximate surface area is 126 Å². The van der Waals surface area contributed by atoms with E-state index in [-0.39, 0.29) is 30.1 Å². The molecule has 1 rings (SSSR count). The van der Waals surface area contributed by atoms with Crippen molar-refractivity contribution in [2.75, 3.05) is 33.2 Å². The number of rotatable bonds is 0. The number of nitrogens with two attached hydrogens (primary N) is 1. The summed E-state index contributed by atoms with van der Waals surface area (Å²) in [6.45, 7) is 8.22. The highest BCUT2D eigenvalue weighted by atomic mass is 127. The normalized spacial score (nSPS) is 17.2. The molecule has 0 radical (unpaired) electrons. The SMILES string of the molecule is CN=C(N)N1CCN(C(=O)OC(C)(C)C)CC1.I. The predicted octanol–water partition coefficient (Wildman–Crippen LogP) is 1.10. The van der Waals surface area contributed by atoms with Gasteiger partial charge in [-0.2, -0.15) is 0 Å². The lowest BCUT2D eigenvalue weighted by molar-refractivity contribution is 0.0186. The zero-order valence-electron chi connectivity index (χ0n) is 11.5. The van der Waals surface area contributed by atoms with Crippen LogP contribution in [0.3, 0.4) is 0 Å². The molecule has 0 atom stereocenters. The Morgan fingerprint density at radius 2 is 1.61 bits per heavy atom. The monoisotopic (exact) mass is 370 g/mol. The van der Waals surface area contributed by atoms with Gasteiger partial charge in [0.05, 0.1) is 0 Å². The van der Waals surface area contributed by atoms with Gasteiger partial charge in [-0.3, -0.25) is 4.99 Å². The van der Waals surface area contributed by atoms with Crippen molar-refractivity contribution < 1.29 is 9.53 Å². The largest absolute Gasteiger partial charge is 0.444 e. The molecule has 0 saturated carbocycles. The number of halogens is 1. The van der Waals surface area contributed by atoms with Crippen LogP contribution >= 0.6 is 24.0 Å². The summed E-state index contributed by atoms with van der Waals surface area (Å²) in [6, 6.07) is 0. The molecule has 0 aromatic carbocycles. The quantitative estimate of drug-likeness (QED) is 0.394. The van der Waals surface area contributed by atoms with Crippen LogP contribution in [-0.4, -0.2) is 60.7 Å². The van der Waals surface area contributed by atoms with Crippen LogP contribution in [-0.2, 0) is 4.74 Å². The van der Waals surface area contributed by atoms with E-state index in [1.807, 2.05) is 25.7 Å². The Balaban J connectivity index is 0.00000289. The third-order valence-electron chi connectivity index (χ3n) is 2.48. The van der Waals surface area contributed by atoms with E-state index in [4.69, 9.17) is 10.5 Å². The van der Waals surface area contributed by atoms with Gasteiger partial charge in [0.15, 0.2) is 5.96 Å². The summed E-state index contributed by atoms with van der Waals surface area (Å²) < 4.78 is 5.31. The summed E-state index contributed by atoms with van der Waals surface area (Å²) in [5.74, 6) is 0.522. The Hall–Kier alpha value is -0.730. The zero-order valence-corrected chi connectivity index (χ0v) is 13.8. The summed E-state index contributed by atoms with van der Waals surface area (Å²) in [5.41, 5.74) is 5.27. The highest BCUT2D eigenvalue weighted by Gasteiger charge is 2.26. The predicted molar refractivity (Wildman–Crippen MR) is 82.3 cm³/mol. The van der Waals surface area contributed by atoms with Gasteiger partial charge in [0.1, 0.15) is 5.60 Å². The van der Waals surface area contributed by atoms with Crippen LogP contribution < -0.4 is 5.73 Å². The smallest absolute Gasteiger partial charge is 0.410 e. The van der Waals surface area contributed by atoms with E-state index in [9.17, 15) is 4.79 Å². The number of ether oxygens (including phenoxy) is 1. The average Bonchev–Trinajstić information content (AvgIpc) is 2.26. The molecule has 1 aliphatic heterocycles. The molecule has 6 nitrogen and oxygen atoms in total. The van der Waals surface area contributed by atoms with Crippen LogP contribution in [0.5, 0.6) is 0 Å². The molecule has 0 unspecified atom stereocenters. The fraction of sp³-hybridized carbons (Fsp3) is 0.818. The van der Waals surface area contributed by atoms with Crippen LogP contribution in [0.15, 0.2) is 4.99 Å². The van der Waals surface area contributed by atoms with Crippen molar-refractivity contribution >= 4 is 36.0 Å². The minimum atomic E-state index is -0.446. The van der Waals surface area contributed by atoms with Crippen molar-refractivity contribution in [1.29, 1.82) is 0 Å². The molecule has 18 heavy (non-hydrogen) atoms. The van der Waals surface area contributed by atoms with Gasteiger partial charge in [-0.05, 0) is 20.8 Å². The van der Waals surface area contributed by atoms with Gasteiger partial charge in [-0.1, -0.05) is 0 Å². The first-order valence-electron chi connectivity index (χ1n) is 5.78. The molecule has 0 aromatic rings. The topological polar surface area (TPSA) is 71.2 Å². The first-order chi connectivity index (χ1) is 7.83. The van der Waals surface area contributed by atoms with Crippen LogP contribution in [0.25, 0.3) is 0 Å². The maximum Gasteiger partial charge on any atom is 0.410 e. The molecule has 0 aromatic heterocycles. The minimum Gasteiger partial charge on any atom is -0.444 e. The lowest BCUT2D eigenvalue weighted by Gasteiger charge is -2.35. The summed E-state index contributed by atoms with van der Waals surface area (Å²) >= 11 is 0. The lowest BCUT2D eigenvalue weighted by atomic mass is 10.2. The van der Waals surface area contributed by atoms with Gasteiger partial charge < -0.3 is 20.3 Å². The average molecular weight is 370 g/mol. The maximum absolute atomic E-state index is 11.8. The molecule has 106 valence electrons. The number of hydrogen-bond acceptors (Lipinski definition) is 3. The minimum absolute atomic E-state index is 0. The second kappa shape index (κ2) is 7.01. The molecule has 7 heteroatoms. The molecular weight excluding hydrogens is 347 g/mol. The number of amides is 1. The van der Waals surface area contributed by atoms with Crippen LogP contribution in [0.1, 0.15) is 20.8 Å². The van der Waals surface area contributed by atoms with Gasteiger partial charge in [0.2, 0.25) is 0 Å². The molecule has 1 heterocycles. The van der Waals surface area contributed by atoms with Crippen LogP contribution in [0.2, 0.25) is 0 Å². The van der Waals surface area contributed by atoms with E-state index in [1.165, 1.54) is 0 Å². The van der Waals surface area contributed by atoms with Gasteiger partial charge in [0.25, 0.3) is 0 Å². The van der Waals surface area contributed by atoms with Crippen LogP contribution in [0.4, 0.5) is 4.79 Å². The fourth-order valence-electron chi connectivity index (χ4n) is 1.59. The number of aliphatic imine (C=N–C) groups is 1. The molecule has 0 aliphatic carbocycles. The number of hydrogen-bond donors (Lipinski definition) is 1. The molecule has 2 N–H and O–H groups in total. The summed E-state index contributed by atoms with van der Waals surface area (Å²) in [4.78, 5) is 19.4. The molecule has 1 saturated heterocycles. The van der Waals surface area contributed by atoms with Crippen LogP contribution in [0, 0.1) is 0 Å². The van der Waals surface area contributed by atoms with E-state index in [0.717, 1.165) is 0 Å². The van der Waals surface area contributed by atoms with E-state index in [0.29, 0.717) is 32.1 Å². The van der Waals surface area contributed by atoms with Gasteiger partial charge in [-0.25, -0.2) is 4.79 Å². The number of guanidine groups is 1. The number of piperazine rings is 1. The van der Waals surface area contributed by atoms with E-state index in [1.54, 1.807) is 11.9 Å². The molecule has 1 fully saturated rings. The number of carbonyl (C=O) groups excluding carboxylic acids is 1. The van der Waals surface area contributed by atoms with Crippen molar-refractivity contribution in [2.24, 2.45) is 10.7 Å². The van der Waals surface area contributed by atoms with Crippen molar-refractivity contribution in [2.45, 2.75) is 26.4 Å². The third kappa shape index (κ3) is 5.28. The maximum atomic E-state index is 11.8. The molecule has 0 spiro atoms. The summed E-state index contributed by atoms with van der Waals surface area (Å²) in [7, 11) is 1.66. The highest BCUT2D eigenvalue weighted by Crippen LogP contribution is 2.11. The lowest BCUT2D eigenvalue weighted by Crippen LogP contribution is -2.53. The Morgan fingerprint density at radius 3 is 2.00 bits per heavy atom. The Morgan fingerprint density at radius 1 is 1.17 bits per heavy atom. The second-order valence-electron chi connectivity index (χ2n) is 5.04. The number of carbonyl (C=O) groups is 1. The molecular formula is C11H23IN4O2. The Kier molecular flexibility index (Phi) is 6.72. The second-order valence-corrected chi connectivity index (χ2v) is 5.04. The van der Waals surface area contributed by atoms with Gasteiger partial charge >= 0.3 is 6.09 Å². The first-order valence-corrected chi connectivity index (χ1v) is 5.78. The van der Waals surface area contributed by atoms with E-state index in [2.05, 4.69) is 4.99 Å².